The second-order valence-corrected chi connectivity index (χ2v) is 6.64. The number of aliphatic hydroxyl groups excluding tert-OH is 3. The predicted octanol–water partition coefficient (Wildman–Crippen LogP) is 1.29. The van der Waals surface area contributed by atoms with Crippen molar-refractivity contribution in [3.8, 4) is 22.6 Å². The SMILES string of the molecule is COc1cccc(-c2cncc(O[C@@H]3SC[C@@H](O)[C@H](O)[C@H]3O)c2)c1. The quantitative estimate of drug-likeness (QED) is 0.766. The zero-order chi connectivity index (χ0) is 17.1. The van der Waals surface area contributed by atoms with E-state index in [-0.39, 0.29) is 0 Å². The summed E-state index contributed by atoms with van der Waals surface area (Å²) in [5.41, 5.74) is 1.12. The van der Waals surface area contributed by atoms with Gasteiger partial charge in [0.1, 0.15) is 23.7 Å². The third-order valence-electron chi connectivity index (χ3n) is 3.82. The van der Waals surface area contributed by atoms with Crippen molar-refractivity contribution in [1.29, 1.82) is 0 Å². The number of aliphatic hydroxyl groups is 3. The van der Waals surface area contributed by atoms with Crippen LogP contribution < -0.4 is 9.47 Å². The lowest BCUT2D eigenvalue weighted by Crippen LogP contribution is -2.50. The maximum absolute atomic E-state index is 10.0. The van der Waals surface area contributed by atoms with Crippen LogP contribution in [0.25, 0.3) is 11.1 Å². The molecule has 24 heavy (non-hydrogen) atoms. The van der Waals surface area contributed by atoms with Gasteiger partial charge < -0.3 is 24.8 Å². The Kier molecular flexibility index (Phi) is 5.25. The number of thioether (sulfide) groups is 1. The first-order valence-corrected chi connectivity index (χ1v) is 8.55. The molecule has 0 saturated carbocycles. The highest BCUT2D eigenvalue weighted by molar-refractivity contribution is 7.99. The molecule has 3 rings (SSSR count). The van der Waals surface area contributed by atoms with Gasteiger partial charge in [-0.05, 0) is 23.8 Å². The molecule has 3 N–H and O–H groups in total. The summed E-state index contributed by atoms with van der Waals surface area (Å²) in [6, 6.07) is 9.39. The minimum atomic E-state index is -1.22. The maximum Gasteiger partial charge on any atom is 0.173 e. The molecular weight excluding hydrogens is 330 g/mol. The Morgan fingerprint density at radius 3 is 2.62 bits per heavy atom. The monoisotopic (exact) mass is 349 g/mol. The fraction of sp³-hybridized carbons (Fsp3) is 0.353. The van der Waals surface area contributed by atoms with E-state index in [1.807, 2.05) is 30.3 Å². The average molecular weight is 349 g/mol. The Morgan fingerprint density at radius 2 is 1.83 bits per heavy atom. The molecule has 0 unspecified atom stereocenters. The molecule has 2 heterocycles. The van der Waals surface area contributed by atoms with E-state index in [0.29, 0.717) is 11.5 Å². The van der Waals surface area contributed by atoms with Gasteiger partial charge in [-0.25, -0.2) is 0 Å². The van der Waals surface area contributed by atoms with Crippen LogP contribution in [0.1, 0.15) is 0 Å². The van der Waals surface area contributed by atoms with Crippen LogP contribution in [0, 0.1) is 0 Å². The second-order valence-electron chi connectivity index (χ2n) is 5.51. The number of ether oxygens (including phenoxy) is 2. The molecule has 128 valence electrons. The molecule has 0 spiro atoms. The molecule has 2 aromatic rings. The number of hydrogen-bond donors (Lipinski definition) is 3. The topological polar surface area (TPSA) is 92.0 Å². The van der Waals surface area contributed by atoms with Crippen LogP contribution in [0.2, 0.25) is 0 Å². The van der Waals surface area contributed by atoms with Crippen LogP contribution in [-0.4, -0.2) is 56.9 Å². The second kappa shape index (κ2) is 7.40. The fourth-order valence-corrected chi connectivity index (χ4v) is 3.58. The van der Waals surface area contributed by atoms with Gasteiger partial charge in [-0.1, -0.05) is 12.1 Å². The van der Waals surface area contributed by atoms with Gasteiger partial charge in [-0.15, -0.1) is 11.8 Å². The van der Waals surface area contributed by atoms with E-state index in [1.165, 1.54) is 11.8 Å². The van der Waals surface area contributed by atoms with Crippen LogP contribution >= 0.6 is 11.8 Å². The summed E-state index contributed by atoms with van der Waals surface area (Å²) in [6.07, 6.45) is -0.0740. The van der Waals surface area contributed by atoms with Gasteiger partial charge in [0.15, 0.2) is 5.44 Å². The molecular formula is C17H19NO5S. The van der Waals surface area contributed by atoms with Gasteiger partial charge in [-0.3, -0.25) is 4.98 Å². The van der Waals surface area contributed by atoms with Crippen molar-refractivity contribution in [2.75, 3.05) is 12.9 Å². The van der Waals surface area contributed by atoms with Crippen molar-refractivity contribution >= 4 is 11.8 Å². The Morgan fingerprint density at radius 1 is 1.04 bits per heavy atom. The Bertz CT molecular complexity index is 698. The first kappa shape index (κ1) is 17.0. The highest BCUT2D eigenvalue weighted by Crippen LogP contribution is 2.31. The first-order valence-electron chi connectivity index (χ1n) is 7.50. The number of methoxy groups -OCH3 is 1. The summed E-state index contributed by atoms with van der Waals surface area (Å²) in [5, 5.41) is 29.4. The molecule has 6 nitrogen and oxygen atoms in total. The lowest BCUT2D eigenvalue weighted by Gasteiger charge is -2.34. The molecule has 7 heteroatoms. The standard InChI is InChI=1S/C17H19NO5S/c1-22-12-4-2-3-10(5-12)11-6-13(8-18-7-11)23-17-16(21)15(20)14(19)9-24-17/h2-8,14-17,19-21H,9H2,1H3/t14-,15+,16-,17-/m1/s1. The van der Waals surface area contributed by atoms with Gasteiger partial charge in [0.05, 0.1) is 19.4 Å². The predicted molar refractivity (Wildman–Crippen MR) is 91.1 cm³/mol. The van der Waals surface area contributed by atoms with Crippen molar-refractivity contribution in [3.05, 3.63) is 42.7 Å². The van der Waals surface area contributed by atoms with Gasteiger partial charge >= 0.3 is 0 Å². The summed E-state index contributed by atoms with van der Waals surface area (Å²) in [7, 11) is 1.61. The highest BCUT2D eigenvalue weighted by Gasteiger charge is 2.38. The van der Waals surface area contributed by atoms with E-state index < -0.39 is 23.7 Å². The van der Waals surface area contributed by atoms with Gasteiger partial charge in [0, 0.05) is 17.5 Å². The van der Waals surface area contributed by atoms with Crippen molar-refractivity contribution in [3.63, 3.8) is 0 Å². The van der Waals surface area contributed by atoms with Crippen LogP contribution in [-0.2, 0) is 0 Å². The number of aromatic nitrogens is 1. The van der Waals surface area contributed by atoms with Crippen LogP contribution in [0.5, 0.6) is 11.5 Å². The van der Waals surface area contributed by atoms with Gasteiger partial charge in [-0.2, -0.15) is 0 Å². The zero-order valence-electron chi connectivity index (χ0n) is 13.1. The van der Waals surface area contributed by atoms with E-state index in [2.05, 4.69) is 4.98 Å². The van der Waals surface area contributed by atoms with Gasteiger partial charge in [0.25, 0.3) is 0 Å². The van der Waals surface area contributed by atoms with Crippen LogP contribution in [0.3, 0.4) is 0 Å². The van der Waals surface area contributed by atoms with Crippen LogP contribution in [0.15, 0.2) is 42.7 Å². The normalized spacial score (nSPS) is 26.8. The van der Waals surface area contributed by atoms with Gasteiger partial charge in [0.2, 0.25) is 0 Å². The summed E-state index contributed by atoms with van der Waals surface area (Å²) in [6.45, 7) is 0. The lowest BCUT2D eigenvalue weighted by atomic mass is 10.1. The molecule has 1 aliphatic heterocycles. The smallest absolute Gasteiger partial charge is 0.173 e. The molecule has 1 saturated heterocycles. The molecule has 0 bridgehead atoms. The van der Waals surface area contributed by atoms with E-state index in [0.717, 1.165) is 16.9 Å². The third kappa shape index (κ3) is 3.64. The van der Waals surface area contributed by atoms with E-state index in [4.69, 9.17) is 9.47 Å². The van der Waals surface area contributed by atoms with Crippen molar-refractivity contribution in [1.82, 2.24) is 4.98 Å². The molecule has 0 radical (unpaired) electrons. The minimum absolute atomic E-state index is 0.298. The Balaban J connectivity index is 1.78. The zero-order valence-corrected chi connectivity index (χ0v) is 13.9. The molecule has 1 aromatic heterocycles. The number of hydrogen-bond acceptors (Lipinski definition) is 7. The molecule has 0 aliphatic carbocycles. The molecule has 0 amide bonds. The van der Waals surface area contributed by atoms with Crippen LogP contribution in [0.4, 0.5) is 0 Å². The van der Waals surface area contributed by atoms with Crippen molar-refractivity contribution in [2.24, 2.45) is 0 Å². The maximum atomic E-state index is 10.0. The Hall–Kier alpha value is -1.80. The largest absolute Gasteiger partial charge is 0.497 e. The molecule has 1 aromatic carbocycles. The first-order chi connectivity index (χ1) is 11.6. The highest BCUT2D eigenvalue weighted by atomic mass is 32.2. The summed E-state index contributed by atoms with van der Waals surface area (Å²) < 4.78 is 11.0. The Labute approximate surface area is 144 Å². The number of nitrogens with zero attached hydrogens (tertiary/aromatic N) is 1. The third-order valence-corrected chi connectivity index (χ3v) is 5.06. The summed E-state index contributed by atoms with van der Waals surface area (Å²) in [4.78, 5) is 4.17. The number of rotatable bonds is 4. The lowest BCUT2D eigenvalue weighted by molar-refractivity contribution is -0.0786. The van der Waals surface area contributed by atoms with E-state index in [9.17, 15) is 15.3 Å². The summed E-state index contributed by atoms with van der Waals surface area (Å²) >= 11 is 1.26. The number of pyridine rings is 1. The fourth-order valence-electron chi connectivity index (χ4n) is 2.46. The van der Waals surface area contributed by atoms with Crippen molar-refractivity contribution < 1.29 is 24.8 Å². The molecule has 4 atom stereocenters. The van der Waals surface area contributed by atoms with Crippen molar-refractivity contribution in [2.45, 2.75) is 23.7 Å². The van der Waals surface area contributed by atoms with E-state index >= 15 is 0 Å². The van der Waals surface area contributed by atoms with E-state index in [1.54, 1.807) is 19.5 Å². The number of benzene rings is 1. The minimum Gasteiger partial charge on any atom is -0.497 e. The summed E-state index contributed by atoms with van der Waals surface area (Å²) in [5.74, 6) is 1.52. The molecule has 1 aliphatic rings. The molecule has 1 fully saturated rings. The average Bonchev–Trinajstić information content (AvgIpc) is 2.62.